The van der Waals surface area contributed by atoms with Crippen LogP contribution in [-0.2, 0) is 0 Å². The molecule has 0 bridgehead atoms. The molecular weight excluding hydrogens is 609 g/mol. The van der Waals surface area contributed by atoms with Crippen molar-refractivity contribution in [1.82, 2.24) is 9.55 Å². The maximum Gasteiger partial charge on any atom is 0.135 e. The molecule has 0 N–H and O–H groups in total. The first-order chi connectivity index (χ1) is 24.8. The lowest BCUT2D eigenvalue weighted by atomic mass is 9.98. The summed E-state index contributed by atoms with van der Waals surface area (Å²) in [5, 5.41) is 4.65. The fourth-order valence-electron chi connectivity index (χ4n) is 7.35. The van der Waals surface area contributed by atoms with Gasteiger partial charge in [-0.3, -0.25) is 0 Å². The van der Waals surface area contributed by atoms with Crippen molar-refractivity contribution < 1.29 is 4.42 Å². The van der Waals surface area contributed by atoms with Crippen LogP contribution in [0.2, 0.25) is 0 Å². The maximum atomic E-state index is 6.23. The van der Waals surface area contributed by atoms with E-state index in [2.05, 4.69) is 162 Å². The van der Waals surface area contributed by atoms with E-state index in [1.807, 2.05) is 24.3 Å². The maximum absolute atomic E-state index is 6.23. The second-order valence-electron chi connectivity index (χ2n) is 12.8. The van der Waals surface area contributed by atoms with Gasteiger partial charge in [0.1, 0.15) is 11.2 Å². The number of rotatable bonds is 5. The summed E-state index contributed by atoms with van der Waals surface area (Å²) in [6.07, 6.45) is 0. The van der Waals surface area contributed by atoms with Crippen LogP contribution in [0, 0.1) is 0 Å². The van der Waals surface area contributed by atoms with Crippen molar-refractivity contribution in [1.29, 1.82) is 0 Å². The number of furan rings is 1. The van der Waals surface area contributed by atoms with E-state index in [0.717, 1.165) is 72.3 Å². The summed E-state index contributed by atoms with van der Waals surface area (Å²) in [5.74, 6) is 0. The highest BCUT2D eigenvalue weighted by Crippen LogP contribution is 2.39. The minimum absolute atomic E-state index is 0.889. The lowest BCUT2D eigenvalue weighted by Gasteiger charge is -2.12. The molecule has 0 aliphatic carbocycles. The molecule has 3 nitrogen and oxygen atoms in total. The summed E-state index contributed by atoms with van der Waals surface area (Å²) in [5.41, 5.74) is 13.9. The van der Waals surface area contributed by atoms with Gasteiger partial charge in [0.25, 0.3) is 0 Å². The molecule has 10 aromatic rings. The van der Waals surface area contributed by atoms with Gasteiger partial charge in [-0.1, -0.05) is 133 Å². The van der Waals surface area contributed by atoms with Crippen LogP contribution in [0.25, 0.3) is 94.2 Å². The van der Waals surface area contributed by atoms with Gasteiger partial charge in [-0.05, 0) is 70.8 Å². The highest BCUT2D eigenvalue weighted by molar-refractivity contribution is 6.12. The zero-order chi connectivity index (χ0) is 33.0. The first kappa shape index (κ1) is 28.3. The van der Waals surface area contributed by atoms with Gasteiger partial charge < -0.3 is 8.98 Å². The standard InChI is InChI=1S/C47H30N2O/c1-4-12-31(13-5-1)34-20-23-38-39-24-21-35(36-26-42(32-14-6-2-7-15-32)48-43(27-36)33-16-8-3-9-17-33)29-45(39)49(44(38)28-34)37-22-25-47-41(30-37)40-18-10-11-19-46(40)50-47/h1-30H. The van der Waals surface area contributed by atoms with Crippen LogP contribution < -0.4 is 0 Å². The lowest BCUT2D eigenvalue weighted by Crippen LogP contribution is -1.95. The summed E-state index contributed by atoms with van der Waals surface area (Å²) in [4.78, 5) is 5.13. The van der Waals surface area contributed by atoms with Crippen molar-refractivity contribution >= 4 is 43.7 Å². The van der Waals surface area contributed by atoms with Crippen molar-refractivity contribution in [3.8, 4) is 50.5 Å². The molecule has 0 saturated carbocycles. The third-order valence-electron chi connectivity index (χ3n) is 9.79. The molecular formula is C47H30N2O. The summed E-state index contributed by atoms with van der Waals surface area (Å²) >= 11 is 0. The minimum Gasteiger partial charge on any atom is -0.456 e. The van der Waals surface area contributed by atoms with Gasteiger partial charge >= 0.3 is 0 Å². The molecule has 3 heterocycles. The fraction of sp³-hybridized carbons (Fsp3) is 0. The summed E-state index contributed by atoms with van der Waals surface area (Å²) in [7, 11) is 0. The van der Waals surface area contributed by atoms with Gasteiger partial charge in [-0.2, -0.15) is 0 Å². The average molecular weight is 639 g/mol. The molecule has 7 aromatic carbocycles. The van der Waals surface area contributed by atoms with Crippen molar-refractivity contribution in [3.63, 3.8) is 0 Å². The van der Waals surface area contributed by atoms with E-state index in [0.29, 0.717) is 0 Å². The average Bonchev–Trinajstić information content (AvgIpc) is 3.73. The molecule has 0 aliphatic rings. The van der Waals surface area contributed by atoms with Gasteiger partial charge in [0.15, 0.2) is 0 Å². The van der Waals surface area contributed by atoms with Crippen molar-refractivity contribution in [2.75, 3.05) is 0 Å². The molecule has 0 saturated heterocycles. The number of hydrogen-bond acceptors (Lipinski definition) is 2. The zero-order valence-electron chi connectivity index (χ0n) is 27.1. The Labute approximate surface area is 289 Å². The molecule has 3 heteroatoms. The molecule has 234 valence electrons. The largest absolute Gasteiger partial charge is 0.456 e. The highest BCUT2D eigenvalue weighted by Gasteiger charge is 2.17. The molecule has 0 atom stereocenters. The van der Waals surface area contributed by atoms with E-state index in [1.54, 1.807) is 0 Å². The number of hydrogen-bond donors (Lipinski definition) is 0. The summed E-state index contributed by atoms with van der Waals surface area (Å²) < 4.78 is 8.65. The number of nitrogens with zero attached hydrogens (tertiary/aromatic N) is 2. The van der Waals surface area contributed by atoms with Gasteiger partial charge in [0.05, 0.1) is 22.4 Å². The van der Waals surface area contributed by atoms with E-state index in [-0.39, 0.29) is 0 Å². The molecule has 0 radical (unpaired) electrons. The second-order valence-corrected chi connectivity index (χ2v) is 12.8. The van der Waals surface area contributed by atoms with Crippen molar-refractivity contribution in [3.05, 3.63) is 182 Å². The van der Waals surface area contributed by atoms with Gasteiger partial charge in [0.2, 0.25) is 0 Å². The number of pyridine rings is 1. The molecule has 50 heavy (non-hydrogen) atoms. The van der Waals surface area contributed by atoms with Crippen LogP contribution in [0.5, 0.6) is 0 Å². The van der Waals surface area contributed by atoms with Crippen LogP contribution in [0.15, 0.2) is 186 Å². The Morgan fingerprint density at radius 2 is 0.860 bits per heavy atom. The van der Waals surface area contributed by atoms with Crippen molar-refractivity contribution in [2.24, 2.45) is 0 Å². The number of para-hydroxylation sites is 1. The topological polar surface area (TPSA) is 31.0 Å². The fourth-order valence-corrected chi connectivity index (χ4v) is 7.35. The van der Waals surface area contributed by atoms with Crippen molar-refractivity contribution in [2.45, 2.75) is 0 Å². The molecule has 0 unspecified atom stereocenters. The molecule has 0 fully saturated rings. The van der Waals surface area contributed by atoms with Gasteiger partial charge in [0, 0.05) is 38.4 Å². The van der Waals surface area contributed by atoms with Gasteiger partial charge in [-0.15, -0.1) is 0 Å². The Morgan fingerprint density at radius 3 is 1.48 bits per heavy atom. The highest BCUT2D eigenvalue weighted by atomic mass is 16.3. The number of benzene rings is 7. The normalized spacial score (nSPS) is 11.6. The van der Waals surface area contributed by atoms with Crippen LogP contribution in [0.1, 0.15) is 0 Å². The van der Waals surface area contributed by atoms with Gasteiger partial charge in [-0.25, -0.2) is 4.98 Å². The van der Waals surface area contributed by atoms with E-state index in [4.69, 9.17) is 9.40 Å². The predicted octanol–water partition coefficient (Wildman–Crippen LogP) is 12.7. The Hall–Kier alpha value is -6.71. The first-order valence-electron chi connectivity index (χ1n) is 17.0. The molecule has 10 rings (SSSR count). The lowest BCUT2D eigenvalue weighted by molar-refractivity contribution is 0.669. The van der Waals surface area contributed by atoms with E-state index >= 15 is 0 Å². The second kappa shape index (κ2) is 11.5. The first-order valence-corrected chi connectivity index (χ1v) is 17.0. The van der Waals surface area contributed by atoms with Crippen LogP contribution in [0.3, 0.4) is 0 Å². The van der Waals surface area contributed by atoms with Crippen LogP contribution in [-0.4, -0.2) is 9.55 Å². The van der Waals surface area contributed by atoms with Crippen LogP contribution >= 0.6 is 0 Å². The molecule has 0 spiro atoms. The smallest absolute Gasteiger partial charge is 0.135 e. The summed E-state index contributed by atoms with van der Waals surface area (Å²) in [6, 6.07) is 64.5. The molecule has 3 aromatic heterocycles. The third-order valence-corrected chi connectivity index (χ3v) is 9.79. The SMILES string of the molecule is c1ccc(-c2ccc3c4ccc(-c5cc(-c6ccccc6)nc(-c6ccccc6)c5)cc4n(-c4ccc5oc6ccccc6c5c4)c3c2)cc1. The number of aromatic nitrogens is 2. The number of fused-ring (bicyclic) bond motifs is 6. The Balaban J connectivity index is 1.24. The Morgan fingerprint density at radius 1 is 0.340 bits per heavy atom. The third kappa shape index (κ3) is 4.71. The van der Waals surface area contributed by atoms with E-state index in [9.17, 15) is 0 Å². The summed E-state index contributed by atoms with van der Waals surface area (Å²) in [6.45, 7) is 0. The predicted molar refractivity (Wildman–Crippen MR) is 208 cm³/mol. The zero-order valence-corrected chi connectivity index (χ0v) is 27.1. The quantitative estimate of drug-likeness (QED) is 0.188. The Bertz CT molecular complexity index is 2790. The molecule has 0 aliphatic heterocycles. The monoisotopic (exact) mass is 638 g/mol. The minimum atomic E-state index is 0.889. The molecule has 0 amide bonds. The Kier molecular flexibility index (Phi) is 6.49. The van der Waals surface area contributed by atoms with Crippen LogP contribution in [0.4, 0.5) is 0 Å². The van der Waals surface area contributed by atoms with E-state index < -0.39 is 0 Å². The van der Waals surface area contributed by atoms with E-state index in [1.165, 1.54) is 21.9 Å².